The van der Waals surface area contributed by atoms with Gasteiger partial charge in [0.05, 0.1) is 0 Å². The first-order valence-electron chi connectivity index (χ1n) is 5.85. The number of ether oxygens (including phenoxy) is 2. The van der Waals surface area contributed by atoms with Gasteiger partial charge in [-0.05, 0) is 12.8 Å². The SMILES string of the molecule is CCCCCC(CCCC)(OC)OC. The van der Waals surface area contributed by atoms with Crippen LogP contribution in [0.4, 0.5) is 0 Å². The summed E-state index contributed by atoms with van der Waals surface area (Å²) in [6.45, 7) is 4.41. The zero-order chi connectivity index (χ0) is 10.9. The maximum absolute atomic E-state index is 5.51. The fourth-order valence-electron chi connectivity index (χ4n) is 1.71. The van der Waals surface area contributed by atoms with E-state index in [1.165, 1.54) is 32.1 Å². The first-order valence-corrected chi connectivity index (χ1v) is 5.85. The summed E-state index contributed by atoms with van der Waals surface area (Å²) in [5, 5.41) is 0. The summed E-state index contributed by atoms with van der Waals surface area (Å²) in [5.41, 5.74) is 0. The van der Waals surface area contributed by atoms with E-state index in [4.69, 9.17) is 9.47 Å². The molecule has 0 radical (unpaired) electrons. The average Bonchev–Trinajstić information content (AvgIpc) is 2.24. The van der Waals surface area contributed by atoms with E-state index in [9.17, 15) is 0 Å². The van der Waals surface area contributed by atoms with E-state index in [0.29, 0.717) is 0 Å². The molecule has 0 aromatic heterocycles. The van der Waals surface area contributed by atoms with Crippen molar-refractivity contribution in [3.05, 3.63) is 0 Å². The molecule has 0 aromatic carbocycles. The van der Waals surface area contributed by atoms with Gasteiger partial charge in [0.15, 0.2) is 5.79 Å². The molecule has 0 saturated carbocycles. The van der Waals surface area contributed by atoms with Gasteiger partial charge < -0.3 is 9.47 Å². The number of methoxy groups -OCH3 is 2. The van der Waals surface area contributed by atoms with Crippen LogP contribution in [-0.4, -0.2) is 20.0 Å². The van der Waals surface area contributed by atoms with Gasteiger partial charge in [-0.1, -0.05) is 33.1 Å². The fraction of sp³-hybridized carbons (Fsp3) is 1.00. The van der Waals surface area contributed by atoms with Crippen molar-refractivity contribution in [2.24, 2.45) is 0 Å². The van der Waals surface area contributed by atoms with Gasteiger partial charge in [-0.3, -0.25) is 0 Å². The minimum atomic E-state index is -0.314. The van der Waals surface area contributed by atoms with E-state index in [1.807, 2.05) is 0 Å². The Morgan fingerprint density at radius 3 is 1.71 bits per heavy atom. The molecule has 0 rings (SSSR count). The standard InChI is InChI=1S/C12H26O2/c1-5-7-9-11-12(13-3,14-4)10-8-6-2/h5-11H2,1-4H3. The molecule has 2 nitrogen and oxygen atoms in total. The van der Waals surface area contributed by atoms with Gasteiger partial charge in [0.25, 0.3) is 0 Å². The third kappa shape index (κ3) is 4.97. The van der Waals surface area contributed by atoms with Gasteiger partial charge in [0.2, 0.25) is 0 Å². The smallest absolute Gasteiger partial charge is 0.167 e. The number of unbranched alkanes of at least 4 members (excludes halogenated alkanes) is 3. The summed E-state index contributed by atoms with van der Waals surface area (Å²) in [7, 11) is 3.51. The highest BCUT2D eigenvalue weighted by molar-refractivity contribution is 4.69. The zero-order valence-corrected chi connectivity index (χ0v) is 10.3. The summed E-state index contributed by atoms with van der Waals surface area (Å²) in [4.78, 5) is 0. The minimum absolute atomic E-state index is 0.314. The van der Waals surface area contributed by atoms with Crippen LogP contribution in [-0.2, 0) is 9.47 Å². The van der Waals surface area contributed by atoms with Crippen LogP contribution in [0, 0.1) is 0 Å². The Labute approximate surface area is 89.0 Å². The number of hydrogen-bond donors (Lipinski definition) is 0. The quantitative estimate of drug-likeness (QED) is 0.419. The second-order valence-electron chi connectivity index (χ2n) is 3.88. The van der Waals surface area contributed by atoms with Gasteiger partial charge >= 0.3 is 0 Å². The van der Waals surface area contributed by atoms with Gasteiger partial charge in [-0.25, -0.2) is 0 Å². The Kier molecular flexibility index (Phi) is 8.20. The first-order chi connectivity index (χ1) is 6.74. The van der Waals surface area contributed by atoms with Crippen molar-refractivity contribution in [1.82, 2.24) is 0 Å². The van der Waals surface area contributed by atoms with E-state index >= 15 is 0 Å². The molecule has 0 heterocycles. The molecule has 86 valence electrons. The monoisotopic (exact) mass is 202 g/mol. The highest BCUT2D eigenvalue weighted by atomic mass is 16.7. The predicted octanol–water partition coefficient (Wildman–Crippen LogP) is 3.75. The first kappa shape index (κ1) is 13.9. The van der Waals surface area contributed by atoms with Gasteiger partial charge in [-0.15, -0.1) is 0 Å². The zero-order valence-electron chi connectivity index (χ0n) is 10.3. The summed E-state index contributed by atoms with van der Waals surface area (Å²) >= 11 is 0. The molecular formula is C12H26O2. The Morgan fingerprint density at radius 2 is 1.29 bits per heavy atom. The Morgan fingerprint density at radius 1 is 0.786 bits per heavy atom. The Bertz CT molecular complexity index is 119. The van der Waals surface area contributed by atoms with Crippen LogP contribution < -0.4 is 0 Å². The topological polar surface area (TPSA) is 18.5 Å². The van der Waals surface area contributed by atoms with Crippen LogP contribution >= 0.6 is 0 Å². The molecule has 0 aliphatic carbocycles. The van der Waals surface area contributed by atoms with Crippen molar-refractivity contribution in [3.63, 3.8) is 0 Å². The third-order valence-corrected chi connectivity index (χ3v) is 2.82. The van der Waals surface area contributed by atoms with Crippen molar-refractivity contribution < 1.29 is 9.47 Å². The molecule has 0 unspecified atom stereocenters. The van der Waals surface area contributed by atoms with Gasteiger partial charge in [0.1, 0.15) is 0 Å². The molecule has 0 aliphatic rings. The highest BCUT2D eigenvalue weighted by Crippen LogP contribution is 2.26. The third-order valence-electron chi connectivity index (χ3n) is 2.82. The van der Waals surface area contributed by atoms with Crippen LogP contribution in [0.1, 0.15) is 58.8 Å². The summed E-state index contributed by atoms with van der Waals surface area (Å²) in [5.74, 6) is -0.314. The second-order valence-corrected chi connectivity index (χ2v) is 3.88. The largest absolute Gasteiger partial charge is 0.353 e. The number of hydrogen-bond acceptors (Lipinski definition) is 2. The fourth-order valence-corrected chi connectivity index (χ4v) is 1.71. The van der Waals surface area contributed by atoms with Crippen molar-refractivity contribution in [2.75, 3.05) is 14.2 Å². The summed E-state index contributed by atoms with van der Waals surface area (Å²) in [6, 6.07) is 0. The Balaban J connectivity index is 3.94. The summed E-state index contributed by atoms with van der Waals surface area (Å²) < 4.78 is 11.0. The maximum Gasteiger partial charge on any atom is 0.167 e. The van der Waals surface area contributed by atoms with Crippen LogP contribution in [0.2, 0.25) is 0 Å². The van der Waals surface area contributed by atoms with E-state index in [0.717, 1.165) is 12.8 Å². The molecule has 0 amide bonds. The molecule has 0 aliphatic heterocycles. The van der Waals surface area contributed by atoms with Crippen LogP contribution in [0.15, 0.2) is 0 Å². The lowest BCUT2D eigenvalue weighted by Gasteiger charge is -2.31. The molecule has 0 bridgehead atoms. The lowest BCUT2D eigenvalue weighted by Crippen LogP contribution is -2.33. The van der Waals surface area contributed by atoms with Crippen molar-refractivity contribution in [1.29, 1.82) is 0 Å². The van der Waals surface area contributed by atoms with E-state index in [1.54, 1.807) is 14.2 Å². The second kappa shape index (κ2) is 8.25. The van der Waals surface area contributed by atoms with Crippen LogP contribution in [0.25, 0.3) is 0 Å². The van der Waals surface area contributed by atoms with Crippen LogP contribution in [0.3, 0.4) is 0 Å². The molecule has 0 fully saturated rings. The van der Waals surface area contributed by atoms with Crippen LogP contribution in [0.5, 0.6) is 0 Å². The lowest BCUT2D eigenvalue weighted by atomic mass is 10.0. The molecule has 0 atom stereocenters. The van der Waals surface area contributed by atoms with Crippen molar-refractivity contribution >= 4 is 0 Å². The number of rotatable bonds is 9. The van der Waals surface area contributed by atoms with E-state index in [-0.39, 0.29) is 5.79 Å². The summed E-state index contributed by atoms with van der Waals surface area (Å²) in [6.07, 6.45) is 8.11. The van der Waals surface area contributed by atoms with Crippen molar-refractivity contribution in [3.8, 4) is 0 Å². The van der Waals surface area contributed by atoms with Gasteiger partial charge in [0, 0.05) is 27.1 Å². The highest BCUT2D eigenvalue weighted by Gasteiger charge is 2.27. The Hall–Kier alpha value is -0.0800. The minimum Gasteiger partial charge on any atom is -0.353 e. The van der Waals surface area contributed by atoms with Gasteiger partial charge in [-0.2, -0.15) is 0 Å². The molecule has 0 spiro atoms. The molecule has 2 heteroatoms. The van der Waals surface area contributed by atoms with E-state index < -0.39 is 0 Å². The van der Waals surface area contributed by atoms with E-state index in [2.05, 4.69) is 13.8 Å². The molecular weight excluding hydrogens is 176 g/mol. The predicted molar refractivity (Wildman–Crippen MR) is 60.4 cm³/mol. The maximum atomic E-state index is 5.51. The normalized spacial score (nSPS) is 12.0. The molecule has 0 saturated heterocycles. The molecule has 0 aromatic rings. The molecule has 14 heavy (non-hydrogen) atoms. The molecule has 0 N–H and O–H groups in total. The lowest BCUT2D eigenvalue weighted by molar-refractivity contribution is -0.216. The average molecular weight is 202 g/mol. The van der Waals surface area contributed by atoms with Crippen molar-refractivity contribution in [2.45, 2.75) is 64.6 Å².